The molecule has 2 N–H and O–H groups in total. The van der Waals surface area contributed by atoms with Crippen LogP contribution in [0.1, 0.15) is 5.76 Å². The first-order valence-electron chi connectivity index (χ1n) is 5.19. The summed E-state index contributed by atoms with van der Waals surface area (Å²) in [7, 11) is 1.84. The van der Waals surface area contributed by atoms with Crippen LogP contribution >= 0.6 is 11.8 Å². The van der Waals surface area contributed by atoms with Gasteiger partial charge < -0.3 is 15.1 Å². The van der Waals surface area contributed by atoms with Crippen molar-refractivity contribution in [2.75, 3.05) is 23.9 Å². The zero-order valence-electron chi connectivity index (χ0n) is 9.73. The summed E-state index contributed by atoms with van der Waals surface area (Å²) in [6.45, 7) is 0.612. The lowest BCUT2D eigenvalue weighted by atomic mass is 10.4. The highest BCUT2D eigenvalue weighted by molar-refractivity contribution is 7.98. The Balaban J connectivity index is 2.09. The summed E-state index contributed by atoms with van der Waals surface area (Å²) in [6, 6.07) is 5.65. The maximum Gasteiger partial charge on any atom is 0.191 e. The van der Waals surface area contributed by atoms with Crippen LogP contribution in [0.4, 0.5) is 11.6 Å². The van der Waals surface area contributed by atoms with Gasteiger partial charge in [0, 0.05) is 13.1 Å². The number of rotatable bonds is 5. The number of anilines is 2. The Morgan fingerprint density at radius 3 is 2.82 bits per heavy atom. The quantitative estimate of drug-likeness (QED) is 0.628. The third kappa shape index (κ3) is 3.13. The Morgan fingerprint density at radius 2 is 2.18 bits per heavy atom. The summed E-state index contributed by atoms with van der Waals surface area (Å²) in [6.07, 6.45) is 3.61. The molecule has 0 saturated heterocycles. The molecule has 2 heterocycles. The topological polar surface area (TPSA) is 63.0 Å². The normalized spacial score (nSPS) is 10.2. The van der Waals surface area contributed by atoms with Crippen LogP contribution in [0.5, 0.6) is 0 Å². The summed E-state index contributed by atoms with van der Waals surface area (Å²) in [5, 5.41) is 6.94. The Bertz CT molecular complexity index is 450. The van der Waals surface area contributed by atoms with E-state index in [9.17, 15) is 0 Å². The maximum atomic E-state index is 5.24. The van der Waals surface area contributed by atoms with Crippen molar-refractivity contribution < 1.29 is 4.42 Å². The van der Waals surface area contributed by atoms with Gasteiger partial charge in [-0.2, -0.15) is 0 Å². The van der Waals surface area contributed by atoms with E-state index in [2.05, 4.69) is 20.6 Å². The molecule has 6 heteroatoms. The molecule has 0 aliphatic heterocycles. The summed E-state index contributed by atoms with van der Waals surface area (Å²) in [5.41, 5.74) is 0. The molecule has 0 atom stereocenters. The fraction of sp³-hybridized carbons (Fsp3) is 0.273. The highest BCUT2D eigenvalue weighted by Crippen LogP contribution is 2.17. The van der Waals surface area contributed by atoms with Gasteiger partial charge in [-0.25, -0.2) is 9.97 Å². The van der Waals surface area contributed by atoms with Gasteiger partial charge in [0.1, 0.15) is 17.4 Å². The van der Waals surface area contributed by atoms with E-state index in [4.69, 9.17) is 4.42 Å². The van der Waals surface area contributed by atoms with Crippen LogP contribution in [-0.2, 0) is 6.54 Å². The van der Waals surface area contributed by atoms with Gasteiger partial charge in [0.2, 0.25) is 0 Å². The monoisotopic (exact) mass is 250 g/mol. The van der Waals surface area contributed by atoms with E-state index in [1.165, 1.54) is 11.8 Å². The molecule has 0 aliphatic rings. The third-order valence-electron chi connectivity index (χ3n) is 2.17. The molecule has 0 saturated carbocycles. The van der Waals surface area contributed by atoms with Gasteiger partial charge in [-0.1, -0.05) is 11.8 Å². The minimum Gasteiger partial charge on any atom is -0.467 e. The van der Waals surface area contributed by atoms with Crippen molar-refractivity contribution in [3.05, 3.63) is 30.2 Å². The number of aromatic nitrogens is 2. The third-order valence-corrected chi connectivity index (χ3v) is 2.72. The minimum absolute atomic E-state index is 0.612. The molecule has 5 nitrogen and oxygen atoms in total. The molecule has 0 fully saturated rings. The fourth-order valence-corrected chi connectivity index (χ4v) is 1.71. The molecular weight excluding hydrogens is 236 g/mol. The Kier molecular flexibility index (Phi) is 3.87. The SMILES string of the molecule is CNc1cc(NCc2ccco2)nc(SC)n1. The second kappa shape index (κ2) is 5.58. The van der Waals surface area contributed by atoms with Crippen LogP contribution in [-0.4, -0.2) is 23.3 Å². The van der Waals surface area contributed by atoms with E-state index >= 15 is 0 Å². The van der Waals surface area contributed by atoms with Crippen molar-refractivity contribution in [2.45, 2.75) is 11.7 Å². The molecule has 17 heavy (non-hydrogen) atoms. The molecule has 2 rings (SSSR count). The number of furan rings is 1. The van der Waals surface area contributed by atoms with Crippen LogP contribution in [0.3, 0.4) is 0 Å². The average Bonchev–Trinajstić information content (AvgIpc) is 2.89. The number of hydrogen-bond donors (Lipinski definition) is 2. The largest absolute Gasteiger partial charge is 0.467 e. The predicted octanol–water partition coefficient (Wildman–Crippen LogP) is 2.45. The molecule has 90 valence electrons. The van der Waals surface area contributed by atoms with Gasteiger partial charge in [0.05, 0.1) is 12.8 Å². The lowest BCUT2D eigenvalue weighted by molar-refractivity contribution is 0.517. The van der Waals surface area contributed by atoms with Crippen molar-refractivity contribution in [2.24, 2.45) is 0 Å². The van der Waals surface area contributed by atoms with Crippen molar-refractivity contribution in [3.63, 3.8) is 0 Å². The van der Waals surface area contributed by atoms with Crippen molar-refractivity contribution in [1.82, 2.24) is 9.97 Å². The molecule has 2 aromatic rings. The lowest BCUT2D eigenvalue weighted by Gasteiger charge is -2.07. The smallest absolute Gasteiger partial charge is 0.191 e. The number of nitrogens with one attached hydrogen (secondary N) is 2. The Morgan fingerprint density at radius 1 is 1.35 bits per heavy atom. The number of thioether (sulfide) groups is 1. The van der Waals surface area contributed by atoms with Crippen molar-refractivity contribution >= 4 is 23.4 Å². The van der Waals surface area contributed by atoms with Gasteiger partial charge in [0.15, 0.2) is 5.16 Å². The van der Waals surface area contributed by atoms with Crippen LogP contribution in [0, 0.1) is 0 Å². The molecule has 2 aromatic heterocycles. The molecule has 0 aromatic carbocycles. The van der Waals surface area contributed by atoms with Gasteiger partial charge >= 0.3 is 0 Å². The first kappa shape index (κ1) is 11.8. The molecule has 0 unspecified atom stereocenters. The van der Waals surface area contributed by atoms with E-state index in [0.717, 1.165) is 22.6 Å². The standard InChI is InChI=1S/C11H14N4OS/c1-12-9-6-10(15-11(14-9)17-2)13-7-8-4-3-5-16-8/h3-6H,7H2,1-2H3,(H2,12,13,14,15). The van der Waals surface area contributed by atoms with Gasteiger partial charge in [-0.3, -0.25) is 0 Å². The van der Waals surface area contributed by atoms with Gasteiger partial charge in [-0.05, 0) is 18.4 Å². The predicted molar refractivity (Wildman–Crippen MR) is 69.4 cm³/mol. The highest BCUT2D eigenvalue weighted by atomic mass is 32.2. The minimum atomic E-state index is 0.612. The Hall–Kier alpha value is -1.69. The maximum absolute atomic E-state index is 5.24. The summed E-state index contributed by atoms with van der Waals surface area (Å²) in [5.74, 6) is 2.46. The van der Waals surface area contributed by atoms with Crippen LogP contribution in [0.15, 0.2) is 34.0 Å². The molecule has 0 spiro atoms. The van der Waals surface area contributed by atoms with E-state index in [1.54, 1.807) is 6.26 Å². The number of hydrogen-bond acceptors (Lipinski definition) is 6. The fourth-order valence-electron chi connectivity index (χ4n) is 1.33. The summed E-state index contributed by atoms with van der Waals surface area (Å²) >= 11 is 1.51. The molecular formula is C11H14N4OS. The highest BCUT2D eigenvalue weighted by Gasteiger charge is 2.03. The van der Waals surface area contributed by atoms with Crippen molar-refractivity contribution in [1.29, 1.82) is 0 Å². The van der Waals surface area contributed by atoms with E-state index < -0.39 is 0 Å². The summed E-state index contributed by atoms with van der Waals surface area (Å²) in [4.78, 5) is 8.65. The summed E-state index contributed by atoms with van der Waals surface area (Å²) < 4.78 is 5.24. The van der Waals surface area contributed by atoms with Crippen molar-refractivity contribution in [3.8, 4) is 0 Å². The van der Waals surface area contributed by atoms with Crippen LogP contribution in [0.2, 0.25) is 0 Å². The zero-order valence-corrected chi connectivity index (χ0v) is 10.5. The lowest BCUT2D eigenvalue weighted by Crippen LogP contribution is -2.04. The van der Waals surface area contributed by atoms with Crippen LogP contribution < -0.4 is 10.6 Å². The van der Waals surface area contributed by atoms with Gasteiger partial charge in [0.25, 0.3) is 0 Å². The zero-order chi connectivity index (χ0) is 12.1. The van der Waals surface area contributed by atoms with Crippen LogP contribution in [0.25, 0.3) is 0 Å². The molecule has 0 aliphatic carbocycles. The van der Waals surface area contributed by atoms with E-state index in [0.29, 0.717) is 6.54 Å². The average molecular weight is 250 g/mol. The Labute approximate surface area is 104 Å². The first-order valence-corrected chi connectivity index (χ1v) is 6.41. The second-order valence-corrected chi connectivity index (χ2v) is 4.08. The molecule has 0 radical (unpaired) electrons. The molecule has 0 bridgehead atoms. The van der Waals surface area contributed by atoms with E-state index in [1.807, 2.05) is 31.5 Å². The van der Waals surface area contributed by atoms with E-state index in [-0.39, 0.29) is 0 Å². The number of nitrogens with zero attached hydrogens (tertiary/aromatic N) is 2. The first-order chi connectivity index (χ1) is 8.31. The second-order valence-electron chi connectivity index (χ2n) is 3.31. The molecule has 0 amide bonds. The van der Waals surface area contributed by atoms with Gasteiger partial charge in [-0.15, -0.1) is 0 Å².